The quantitative estimate of drug-likeness (QED) is 0.528. The Morgan fingerprint density at radius 1 is 1.03 bits per heavy atom. The van der Waals surface area contributed by atoms with Crippen molar-refractivity contribution in [2.24, 2.45) is 5.92 Å². The van der Waals surface area contributed by atoms with E-state index >= 15 is 0 Å². The molecule has 0 bridgehead atoms. The molecule has 4 rings (SSSR count). The fourth-order valence-electron chi connectivity index (χ4n) is 4.46. The van der Waals surface area contributed by atoms with Crippen molar-refractivity contribution < 1.29 is 19.1 Å². The van der Waals surface area contributed by atoms with E-state index in [0.717, 1.165) is 52.7 Å². The molecule has 6 nitrogen and oxygen atoms in total. The van der Waals surface area contributed by atoms with Crippen molar-refractivity contribution in [3.63, 3.8) is 0 Å². The molecule has 0 saturated heterocycles. The number of benzene rings is 2. The Hall–Kier alpha value is -3.41. The number of rotatable bonds is 6. The first-order valence-electron chi connectivity index (χ1n) is 11.0. The van der Waals surface area contributed by atoms with Gasteiger partial charge in [0.05, 0.1) is 24.2 Å². The van der Waals surface area contributed by atoms with Gasteiger partial charge in [-0.25, -0.2) is 9.78 Å². The molecule has 2 aromatic carbocycles. The maximum atomic E-state index is 13.1. The number of pyridine rings is 1. The van der Waals surface area contributed by atoms with Crippen LogP contribution in [0.1, 0.15) is 42.9 Å². The Labute approximate surface area is 188 Å². The van der Waals surface area contributed by atoms with Gasteiger partial charge in [-0.15, -0.1) is 0 Å². The summed E-state index contributed by atoms with van der Waals surface area (Å²) in [6.07, 6.45) is 3.54. The van der Waals surface area contributed by atoms with Crippen LogP contribution in [0.3, 0.4) is 0 Å². The van der Waals surface area contributed by atoms with Crippen LogP contribution in [0.4, 0.5) is 4.79 Å². The second kappa shape index (κ2) is 9.81. The lowest BCUT2D eigenvalue weighted by Gasteiger charge is -2.26. The molecule has 0 radical (unpaired) electrons. The van der Waals surface area contributed by atoms with Gasteiger partial charge in [0.15, 0.2) is 0 Å². The van der Waals surface area contributed by atoms with Crippen molar-refractivity contribution in [1.29, 1.82) is 0 Å². The van der Waals surface area contributed by atoms with Gasteiger partial charge in [0.25, 0.3) is 0 Å². The van der Waals surface area contributed by atoms with E-state index in [1.165, 1.54) is 14.2 Å². The Kier molecular flexibility index (Phi) is 6.69. The van der Waals surface area contributed by atoms with Gasteiger partial charge in [-0.2, -0.15) is 0 Å². The lowest BCUT2D eigenvalue weighted by Crippen LogP contribution is -2.38. The number of carbonyl (C=O) groups is 2. The first-order chi connectivity index (χ1) is 15.6. The highest BCUT2D eigenvalue weighted by Gasteiger charge is 2.35. The minimum Gasteiger partial charge on any atom is -0.487 e. The summed E-state index contributed by atoms with van der Waals surface area (Å²) in [5.74, 6) is 0.349. The van der Waals surface area contributed by atoms with E-state index < -0.39 is 6.09 Å². The Morgan fingerprint density at radius 2 is 1.75 bits per heavy atom. The van der Waals surface area contributed by atoms with E-state index in [1.54, 1.807) is 0 Å². The van der Waals surface area contributed by atoms with E-state index in [-0.39, 0.29) is 17.7 Å². The molecule has 1 aliphatic rings. The standard InChI is InChI=1S/C26H28N2O4/c1-28(26(30)31-2)25(29)24(19-8-3-4-9-19)20-12-15-22(16-13-20)32-17-21-14-11-18-7-5-6-10-23(18)27-21/h5-7,10-16,19,24H,3-4,8-9,17H2,1-2H3. The second-order valence-corrected chi connectivity index (χ2v) is 8.24. The van der Waals surface area contributed by atoms with Crippen LogP contribution >= 0.6 is 0 Å². The van der Waals surface area contributed by atoms with Crippen LogP contribution in [0.5, 0.6) is 5.75 Å². The number of imide groups is 1. The van der Waals surface area contributed by atoms with Gasteiger partial charge in [0, 0.05) is 12.4 Å². The molecular weight excluding hydrogens is 404 g/mol. The van der Waals surface area contributed by atoms with Gasteiger partial charge >= 0.3 is 6.09 Å². The zero-order valence-corrected chi connectivity index (χ0v) is 18.5. The fourth-order valence-corrected chi connectivity index (χ4v) is 4.46. The van der Waals surface area contributed by atoms with E-state index in [4.69, 9.17) is 9.47 Å². The number of methoxy groups -OCH3 is 1. The largest absolute Gasteiger partial charge is 0.487 e. The van der Waals surface area contributed by atoms with Gasteiger partial charge in [0.1, 0.15) is 12.4 Å². The smallest absolute Gasteiger partial charge is 0.415 e. The number of carbonyl (C=O) groups excluding carboxylic acids is 2. The van der Waals surface area contributed by atoms with Crippen molar-refractivity contribution in [3.05, 3.63) is 71.9 Å². The van der Waals surface area contributed by atoms with E-state index in [1.807, 2.05) is 60.7 Å². The second-order valence-electron chi connectivity index (χ2n) is 8.24. The summed E-state index contributed by atoms with van der Waals surface area (Å²) in [7, 11) is 2.76. The first kappa shape index (κ1) is 21.8. The van der Waals surface area contributed by atoms with Gasteiger partial charge < -0.3 is 9.47 Å². The average Bonchev–Trinajstić information content (AvgIpc) is 3.37. The number of hydrogen-bond donors (Lipinski definition) is 0. The SMILES string of the molecule is COC(=O)N(C)C(=O)C(c1ccc(OCc2ccc3ccccc3n2)cc1)C1CCCC1. The number of ether oxygens (including phenoxy) is 2. The molecule has 2 amide bonds. The molecule has 0 N–H and O–H groups in total. The van der Waals surface area contributed by atoms with Crippen LogP contribution in [-0.4, -0.2) is 36.0 Å². The highest BCUT2D eigenvalue weighted by Crippen LogP contribution is 2.39. The van der Waals surface area contributed by atoms with Crippen LogP contribution in [0.15, 0.2) is 60.7 Å². The van der Waals surface area contributed by atoms with Gasteiger partial charge in [-0.1, -0.05) is 49.2 Å². The van der Waals surface area contributed by atoms with E-state index in [2.05, 4.69) is 4.98 Å². The summed E-state index contributed by atoms with van der Waals surface area (Å²) in [5.41, 5.74) is 2.69. The lowest BCUT2D eigenvalue weighted by atomic mass is 9.84. The molecule has 1 aromatic heterocycles. The number of aromatic nitrogens is 1. The van der Waals surface area contributed by atoms with Crippen molar-refractivity contribution in [2.75, 3.05) is 14.2 Å². The third kappa shape index (κ3) is 4.74. The van der Waals surface area contributed by atoms with Gasteiger partial charge in [0.2, 0.25) is 5.91 Å². The van der Waals surface area contributed by atoms with Crippen molar-refractivity contribution >= 4 is 22.9 Å². The molecule has 1 heterocycles. The molecule has 1 atom stereocenters. The minimum atomic E-state index is -0.638. The molecule has 0 spiro atoms. The topological polar surface area (TPSA) is 68.7 Å². The number of likely N-dealkylation sites (N-methyl/N-ethyl adjacent to an activating group) is 1. The average molecular weight is 433 g/mol. The Balaban J connectivity index is 1.48. The molecule has 32 heavy (non-hydrogen) atoms. The van der Waals surface area contributed by atoms with Gasteiger partial charge in [-0.3, -0.25) is 9.69 Å². The summed E-state index contributed by atoms with van der Waals surface area (Å²) >= 11 is 0. The monoisotopic (exact) mass is 432 g/mol. The summed E-state index contributed by atoms with van der Waals surface area (Å²) in [4.78, 5) is 30.8. The van der Waals surface area contributed by atoms with Crippen LogP contribution in [-0.2, 0) is 16.1 Å². The third-order valence-corrected chi connectivity index (χ3v) is 6.20. The number of fused-ring (bicyclic) bond motifs is 1. The zero-order valence-electron chi connectivity index (χ0n) is 18.5. The predicted molar refractivity (Wildman–Crippen MR) is 122 cm³/mol. The summed E-state index contributed by atoms with van der Waals surface area (Å²) in [6, 6.07) is 19.6. The number of para-hydroxylation sites is 1. The van der Waals surface area contributed by atoms with Crippen LogP contribution in [0.2, 0.25) is 0 Å². The number of hydrogen-bond acceptors (Lipinski definition) is 5. The highest BCUT2D eigenvalue weighted by molar-refractivity contribution is 5.95. The Morgan fingerprint density at radius 3 is 2.47 bits per heavy atom. The van der Waals surface area contributed by atoms with Gasteiger partial charge in [-0.05, 0) is 48.6 Å². The molecule has 0 aliphatic heterocycles. The zero-order chi connectivity index (χ0) is 22.5. The third-order valence-electron chi connectivity index (χ3n) is 6.20. The molecule has 3 aromatic rings. The summed E-state index contributed by atoms with van der Waals surface area (Å²) < 4.78 is 10.7. The summed E-state index contributed by atoms with van der Waals surface area (Å²) in [6.45, 7) is 0.361. The molecule has 1 saturated carbocycles. The number of amides is 2. The number of nitrogens with zero attached hydrogens (tertiary/aromatic N) is 2. The lowest BCUT2D eigenvalue weighted by molar-refractivity contribution is -0.131. The van der Waals surface area contributed by atoms with E-state index in [0.29, 0.717) is 12.4 Å². The molecule has 166 valence electrons. The van der Waals surface area contributed by atoms with Crippen molar-refractivity contribution in [3.8, 4) is 5.75 Å². The van der Waals surface area contributed by atoms with E-state index in [9.17, 15) is 9.59 Å². The molecule has 1 unspecified atom stereocenters. The van der Waals surface area contributed by atoms with Crippen LogP contribution in [0, 0.1) is 5.92 Å². The minimum absolute atomic E-state index is 0.224. The van der Waals surface area contributed by atoms with Crippen LogP contribution < -0.4 is 4.74 Å². The molecule has 1 fully saturated rings. The normalized spacial score (nSPS) is 14.8. The maximum absolute atomic E-state index is 13.1. The first-order valence-corrected chi connectivity index (χ1v) is 11.0. The fraction of sp³-hybridized carbons (Fsp3) is 0.346. The predicted octanol–water partition coefficient (Wildman–Crippen LogP) is 5.31. The molecule has 6 heteroatoms. The van der Waals surface area contributed by atoms with Crippen molar-refractivity contribution in [1.82, 2.24) is 9.88 Å². The molecule has 1 aliphatic carbocycles. The Bertz CT molecular complexity index is 1090. The van der Waals surface area contributed by atoms with Crippen LogP contribution in [0.25, 0.3) is 10.9 Å². The summed E-state index contributed by atoms with van der Waals surface area (Å²) in [5, 5.41) is 1.10. The van der Waals surface area contributed by atoms with Crippen molar-refractivity contribution in [2.45, 2.75) is 38.2 Å². The molecular formula is C26H28N2O4. The highest BCUT2D eigenvalue weighted by atomic mass is 16.5. The maximum Gasteiger partial charge on any atom is 0.415 e.